The molecule has 0 saturated carbocycles. The van der Waals surface area contributed by atoms with Crippen LogP contribution in [0.15, 0.2) is 28.0 Å². The maximum Gasteiger partial charge on any atom is 0.209 e. The molecule has 124 valence electrons. The van der Waals surface area contributed by atoms with Crippen LogP contribution in [0.3, 0.4) is 0 Å². The molecule has 0 atom stereocenters. The monoisotopic (exact) mass is 350 g/mol. The Balaban J connectivity index is 2.59. The first-order chi connectivity index (χ1) is 10.3. The van der Waals surface area contributed by atoms with Crippen LogP contribution in [0.1, 0.15) is 6.92 Å². The third-order valence-electron chi connectivity index (χ3n) is 3.61. The van der Waals surface area contributed by atoms with Crippen molar-refractivity contribution in [1.82, 2.24) is 5.32 Å². The lowest BCUT2D eigenvalue weighted by atomic mass is 10.2. The maximum absolute atomic E-state index is 12.9. The summed E-state index contributed by atoms with van der Waals surface area (Å²) >= 11 is 0. The lowest BCUT2D eigenvalue weighted by molar-refractivity contribution is 0.533. The third kappa shape index (κ3) is 3.41. The van der Waals surface area contributed by atoms with Crippen LogP contribution in [-0.2, 0) is 19.7 Å². The zero-order valence-electron chi connectivity index (χ0n) is 12.2. The highest BCUT2D eigenvalue weighted by Gasteiger charge is 2.25. The molecule has 0 amide bonds. The van der Waals surface area contributed by atoms with E-state index in [4.69, 9.17) is 0 Å². The van der Waals surface area contributed by atoms with E-state index in [1.165, 1.54) is 19.1 Å². The van der Waals surface area contributed by atoms with Crippen molar-refractivity contribution >= 4 is 25.4 Å². The molecule has 1 aromatic carbocycles. The van der Waals surface area contributed by atoms with Crippen LogP contribution < -0.4 is 10.2 Å². The molecule has 0 aliphatic carbocycles. The number of benzene rings is 1. The first-order valence-electron chi connectivity index (χ1n) is 6.93. The SMILES string of the molecule is CCS(=O)(=O)c1ccc(N2CCNCC2)c(S(=O)(=O)CF)c1. The zero-order chi connectivity index (χ0) is 16.4. The van der Waals surface area contributed by atoms with E-state index in [9.17, 15) is 21.2 Å². The molecule has 0 radical (unpaired) electrons. The summed E-state index contributed by atoms with van der Waals surface area (Å²) in [5.41, 5.74) is 0.356. The minimum Gasteiger partial charge on any atom is -0.368 e. The van der Waals surface area contributed by atoms with Gasteiger partial charge in [-0.15, -0.1) is 0 Å². The molecule has 0 spiro atoms. The molecule has 0 aromatic heterocycles. The number of alkyl halides is 1. The molecule has 2 rings (SSSR count). The van der Waals surface area contributed by atoms with Crippen molar-refractivity contribution in [3.63, 3.8) is 0 Å². The van der Waals surface area contributed by atoms with Gasteiger partial charge in [-0.3, -0.25) is 0 Å². The van der Waals surface area contributed by atoms with Gasteiger partial charge in [0.05, 0.1) is 21.2 Å². The summed E-state index contributed by atoms with van der Waals surface area (Å²) in [6.07, 6.45) is 0. The number of hydrogen-bond donors (Lipinski definition) is 1. The van der Waals surface area contributed by atoms with E-state index >= 15 is 0 Å². The molecule has 6 nitrogen and oxygen atoms in total. The molecule has 9 heteroatoms. The third-order valence-corrected chi connectivity index (χ3v) is 6.62. The van der Waals surface area contributed by atoms with Gasteiger partial charge in [-0.25, -0.2) is 21.2 Å². The van der Waals surface area contributed by atoms with E-state index in [1.54, 1.807) is 0 Å². The maximum atomic E-state index is 12.9. The minimum absolute atomic E-state index is 0.0964. The highest BCUT2D eigenvalue weighted by Crippen LogP contribution is 2.30. The molecule has 1 N–H and O–H groups in total. The van der Waals surface area contributed by atoms with Crippen molar-refractivity contribution in [3.05, 3.63) is 18.2 Å². The van der Waals surface area contributed by atoms with Crippen LogP contribution in [0.2, 0.25) is 0 Å². The molecule has 22 heavy (non-hydrogen) atoms. The van der Waals surface area contributed by atoms with Crippen molar-refractivity contribution in [3.8, 4) is 0 Å². The fraction of sp³-hybridized carbons (Fsp3) is 0.538. The van der Waals surface area contributed by atoms with Crippen LogP contribution in [0, 0.1) is 0 Å². The lowest BCUT2D eigenvalue weighted by Crippen LogP contribution is -2.44. The first-order valence-corrected chi connectivity index (χ1v) is 10.2. The van der Waals surface area contributed by atoms with E-state index in [0.717, 1.165) is 6.07 Å². The smallest absolute Gasteiger partial charge is 0.209 e. The van der Waals surface area contributed by atoms with E-state index in [-0.39, 0.29) is 15.5 Å². The van der Waals surface area contributed by atoms with Crippen LogP contribution in [0.25, 0.3) is 0 Å². The number of halogens is 1. The van der Waals surface area contributed by atoms with Gasteiger partial charge >= 0.3 is 0 Å². The Morgan fingerprint density at radius 1 is 1.14 bits per heavy atom. The van der Waals surface area contributed by atoms with Gasteiger partial charge in [0, 0.05) is 26.2 Å². The quantitative estimate of drug-likeness (QED) is 0.837. The Hall–Kier alpha value is -1.19. The van der Waals surface area contributed by atoms with E-state index in [0.29, 0.717) is 31.9 Å². The molecular formula is C13H19FN2O4S2. The molecular weight excluding hydrogens is 331 g/mol. The minimum atomic E-state index is -4.16. The van der Waals surface area contributed by atoms with Crippen molar-refractivity contribution in [2.45, 2.75) is 16.7 Å². The van der Waals surface area contributed by atoms with E-state index in [1.807, 2.05) is 4.90 Å². The predicted molar refractivity (Wildman–Crippen MR) is 82.4 cm³/mol. The van der Waals surface area contributed by atoms with Gasteiger partial charge in [0.2, 0.25) is 9.84 Å². The van der Waals surface area contributed by atoms with Gasteiger partial charge in [-0.05, 0) is 18.2 Å². The summed E-state index contributed by atoms with van der Waals surface area (Å²) in [7, 11) is -7.72. The van der Waals surface area contributed by atoms with Crippen LogP contribution in [-0.4, -0.2) is 54.8 Å². The largest absolute Gasteiger partial charge is 0.368 e. The van der Waals surface area contributed by atoms with Gasteiger partial charge in [-0.1, -0.05) is 6.92 Å². The summed E-state index contributed by atoms with van der Waals surface area (Å²) in [5, 5.41) is 3.14. The Kier molecular flexibility index (Phi) is 5.08. The molecule has 1 saturated heterocycles. The van der Waals surface area contributed by atoms with Gasteiger partial charge in [0.25, 0.3) is 0 Å². The van der Waals surface area contributed by atoms with Crippen LogP contribution >= 0.6 is 0 Å². The van der Waals surface area contributed by atoms with E-state index < -0.39 is 25.7 Å². The summed E-state index contributed by atoms with van der Waals surface area (Å²) in [5.74, 6) is -0.144. The molecule has 1 fully saturated rings. The molecule has 1 heterocycles. The Labute approximate surface area is 130 Å². The Bertz CT molecular complexity index is 741. The van der Waals surface area contributed by atoms with Crippen molar-refractivity contribution in [2.24, 2.45) is 0 Å². The fourth-order valence-corrected chi connectivity index (χ4v) is 4.25. The van der Waals surface area contributed by atoms with Gasteiger partial charge in [0.1, 0.15) is 0 Å². The van der Waals surface area contributed by atoms with Crippen LogP contribution in [0.4, 0.5) is 10.1 Å². The number of sulfone groups is 2. The second kappa shape index (κ2) is 6.51. The van der Waals surface area contributed by atoms with Crippen molar-refractivity contribution < 1.29 is 21.2 Å². The summed E-state index contributed by atoms with van der Waals surface area (Å²) in [4.78, 5) is 1.47. The number of anilines is 1. The average molecular weight is 350 g/mol. The van der Waals surface area contributed by atoms with Crippen LogP contribution in [0.5, 0.6) is 0 Å². The molecule has 1 aliphatic rings. The molecule has 0 unspecified atom stereocenters. The number of piperazine rings is 1. The second-order valence-electron chi connectivity index (χ2n) is 4.99. The normalized spacial score (nSPS) is 16.7. The Morgan fingerprint density at radius 3 is 2.32 bits per heavy atom. The summed E-state index contributed by atoms with van der Waals surface area (Å²) in [6.45, 7) is 4.00. The van der Waals surface area contributed by atoms with Crippen molar-refractivity contribution in [1.29, 1.82) is 0 Å². The molecule has 0 bridgehead atoms. The van der Waals surface area contributed by atoms with Gasteiger partial charge < -0.3 is 10.2 Å². The van der Waals surface area contributed by atoms with Crippen molar-refractivity contribution in [2.75, 3.05) is 42.8 Å². The number of hydrogen-bond acceptors (Lipinski definition) is 6. The first kappa shape index (κ1) is 17.2. The highest BCUT2D eigenvalue weighted by molar-refractivity contribution is 7.92. The number of rotatable bonds is 5. The number of nitrogens with one attached hydrogen (secondary N) is 1. The van der Waals surface area contributed by atoms with Gasteiger partial charge in [-0.2, -0.15) is 0 Å². The standard InChI is InChI=1S/C13H19FN2O4S2/c1-2-21(17,18)11-3-4-12(16-7-5-15-6-8-16)13(9-11)22(19,20)10-14/h3-4,9,15H,2,5-8,10H2,1H3. The zero-order valence-corrected chi connectivity index (χ0v) is 13.9. The fourth-order valence-electron chi connectivity index (χ4n) is 2.33. The predicted octanol–water partition coefficient (Wildman–Crippen LogP) is 0.591. The van der Waals surface area contributed by atoms with Gasteiger partial charge in [0.15, 0.2) is 15.8 Å². The lowest BCUT2D eigenvalue weighted by Gasteiger charge is -2.31. The highest BCUT2D eigenvalue weighted by atomic mass is 32.2. The summed E-state index contributed by atoms with van der Waals surface area (Å²) < 4.78 is 60.9. The second-order valence-corrected chi connectivity index (χ2v) is 9.16. The summed E-state index contributed by atoms with van der Waals surface area (Å²) in [6, 6.07) is 2.36. The van der Waals surface area contributed by atoms with E-state index in [2.05, 4.69) is 5.32 Å². The molecule has 1 aliphatic heterocycles. The molecule has 1 aromatic rings. The number of nitrogens with zero attached hydrogens (tertiary/aromatic N) is 1. The Morgan fingerprint density at radius 2 is 1.77 bits per heavy atom. The topological polar surface area (TPSA) is 83.6 Å². The average Bonchev–Trinajstić information content (AvgIpc) is 2.55.